The molecule has 1 N–H and O–H groups in total. The molecule has 2 unspecified atom stereocenters. The quantitative estimate of drug-likeness (QED) is 0.751. The summed E-state index contributed by atoms with van der Waals surface area (Å²) >= 11 is 0. The highest BCUT2D eigenvalue weighted by Crippen LogP contribution is 2.32. The van der Waals surface area contributed by atoms with Gasteiger partial charge in [0.1, 0.15) is 12.2 Å². The van der Waals surface area contributed by atoms with Crippen molar-refractivity contribution in [3.05, 3.63) is 35.4 Å². The lowest BCUT2D eigenvalue weighted by Gasteiger charge is -2.12. The minimum Gasteiger partial charge on any atom is -0.341 e. The molecule has 3 rings (SSSR count). The van der Waals surface area contributed by atoms with Crippen molar-refractivity contribution >= 4 is 0 Å². The molecular formula is C12H15NO2. The number of aryl methyl sites for hydroxylation is 1. The lowest BCUT2D eigenvalue weighted by Crippen LogP contribution is -2.18. The lowest BCUT2D eigenvalue weighted by atomic mass is 10.1. The van der Waals surface area contributed by atoms with E-state index < -0.39 is 0 Å². The van der Waals surface area contributed by atoms with E-state index in [-0.39, 0.29) is 18.5 Å². The molecule has 1 aromatic carbocycles. The smallest absolute Gasteiger partial charge is 0.184 e. The fourth-order valence-electron chi connectivity index (χ4n) is 2.13. The van der Waals surface area contributed by atoms with Crippen molar-refractivity contribution in [3.63, 3.8) is 0 Å². The average Bonchev–Trinajstić information content (AvgIpc) is 2.78. The van der Waals surface area contributed by atoms with Gasteiger partial charge in [0.15, 0.2) is 6.29 Å². The highest BCUT2D eigenvalue weighted by molar-refractivity contribution is 5.22. The molecule has 0 aliphatic carbocycles. The zero-order valence-electron chi connectivity index (χ0n) is 8.77. The summed E-state index contributed by atoms with van der Waals surface area (Å²) in [6.07, 6.45) is 0.301. The number of hydrogen-bond acceptors (Lipinski definition) is 3. The van der Waals surface area contributed by atoms with Crippen LogP contribution in [0.1, 0.15) is 17.4 Å². The van der Waals surface area contributed by atoms with Crippen LogP contribution in [-0.4, -0.2) is 25.3 Å². The molecule has 2 aliphatic rings. The van der Waals surface area contributed by atoms with E-state index in [1.165, 1.54) is 5.56 Å². The molecule has 0 bridgehead atoms. The minimum absolute atomic E-state index is 0.164. The molecule has 0 amide bonds. The first kappa shape index (κ1) is 9.33. The Labute approximate surface area is 89.4 Å². The normalized spacial score (nSPS) is 34.3. The Hall–Kier alpha value is -0.900. The second kappa shape index (κ2) is 3.59. The van der Waals surface area contributed by atoms with Gasteiger partial charge in [0.05, 0.1) is 0 Å². The van der Waals surface area contributed by atoms with Crippen molar-refractivity contribution in [1.82, 2.24) is 5.32 Å². The molecule has 80 valence electrons. The zero-order chi connectivity index (χ0) is 10.3. The standard InChI is InChI=1S/C12H15NO2/c1-8-2-4-9(5-3-8)12-14-10-6-13-7-11(10)15-12/h2-5,10-13H,6-7H2,1H3. The van der Waals surface area contributed by atoms with Crippen LogP contribution in [-0.2, 0) is 9.47 Å². The van der Waals surface area contributed by atoms with Gasteiger partial charge in [-0.2, -0.15) is 0 Å². The summed E-state index contributed by atoms with van der Waals surface area (Å²) in [5.41, 5.74) is 2.38. The van der Waals surface area contributed by atoms with Crippen LogP contribution < -0.4 is 5.32 Å². The Morgan fingerprint density at radius 1 is 1.07 bits per heavy atom. The second-order valence-corrected chi connectivity index (χ2v) is 4.25. The van der Waals surface area contributed by atoms with E-state index >= 15 is 0 Å². The third-order valence-electron chi connectivity index (χ3n) is 3.05. The Balaban J connectivity index is 1.76. The first-order valence-electron chi connectivity index (χ1n) is 5.41. The lowest BCUT2D eigenvalue weighted by molar-refractivity contribution is -0.0728. The molecule has 0 aromatic heterocycles. The van der Waals surface area contributed by atoms with E-state index in [1.807, 2.05) is 0 Å². The van der Waals surface area contributed by atoms with Gasteiger partial charge in [0, 0.05) is 18.7 Å². The van der Waals surface area contributed by atoms with Gasteiger partial charge in [-0.3, -0.25) is 0 Å². The van der Waals surface area contributed by atoms with Crippen LogP contribution in [0, 0.1) is 6.92 Å². The third-order valence-corrected chi connectivity index (χ3v) is 3.05. The predicted molar refractivity (Wildman–Crippen MR) is 56.5 cm³/mol. The van der Waals surface area contributed by atoms with Crippen molar-refractivity contribution in [1.29, 1.82) is 0 Å². The minimum atomic E-state index is -0.164. The maximum atomic E-state index is 5.83. The van der Waals surface area contributed by atoms with Crippen LogP contribution in [0.25, 0.3) is 0 Å². The molecule has 2 aliphatic heterocycles. The SMILES string of the molecule is Cc1ccc(C2OC3CNCC3O2)cc1. The Kier molecular flexibility index (Phi) is 2.24. The number of benzene rings is 1. The van der Waals surface area contributed by atoms with Gasteiger partial charge >= 0.3 is 0 Å². The number of fused-ring (bicyclic) bond motifs is 1. The van der Waals surface area contributed by atoms with Gasteiger partial charge in [-0.05, 0) is 6.92 Å². The monoisotopic (exact) mass is 205 g/mol. The number of ether oxygens (including phenoxy) is 2. The summed E-state index contributed by atoms with van der Waals surface area (Å²) < 4.78 is 11.7. The molecule has 15 heavy (non-hydrogen) atoms. The molecule has 3 nitrogen and oxygen atoms in total. The highest BCUT2D eigenvalue weighted by Gasteiger charge is 2.39. The summed E-state index contributed by atoms with van der Waals surface area (Å²) in [4.78, 5) is 0. The van der Waals surface area contributed by atoms with E-state index in [2.05, 4.69) is 36.5 Å². The van der Waals surface area contributed by atoms with Crippen LogP contribution in [0.2, 0.25) is 0 Å². The maximum Gasteiger partial charge on any atom is 0.184 e. The summed E-state index contributed by atoms with van der Waals surface area (Å²) in [5.74, 6) is 0. The first-order chi connectivity index (χ1) is 7.33. The summed E-state index contributed by atoms with van der Waals surface area (Å²) in [7, 11) is 0. The molecule has 1 aromatic rings. The number of hydrogen-bond donors (Lipinski definition) is 1. The number of nitrogens with one attached hydrogen (secondary N) is 1. The Morgan fingerprint density at radius 2 is 1.67 bits per heavy atom. The van der Waals surface area contributed by atoms with Crippen molar-refractivity contribution in [2.45, 2.75) is 25.4 Å². The van der Waals surface area contributed by atoms with E-state index in [4.69, 9.17) is 9.47 Å². The summed E-state index contributed by atoms with van der Waals surface area (Å²) in [6.45, 7) is 3.90. The van der Waals surface area contributed by atoms with Gasteiger partial charge < -0.3 is 14.8 Å². The largest absolute Gasteiger partial charge is 0.341 e. The van der Waals surface area contributed by atoms with E-state index in [0.29, 0.717) is 0 Å². The van der Waals surface area contributed by atoms with Crippen LogP contribution in [0.5, 0.6) is 0 Å². The maximum absolute atomic E-state index is 5.83. The van der Waals surface area contributed by atoms with Gasteiger partial charge in [-0.25, -0.2) is 0 Å². The van der Waals surface area contributed by atoms with Crippen molar-refractivity contribution in [3.8, 4) is 0 Å². The van der Waals surface area contributed by atoms with Gasteiger partial charge in [0.25, 0.3) is 0 Å². The summed E-state index contributed by atoms with van der Waals surface area (Å²) in [5, 5.41) is 3.26. The molecule has 3 heteroatoms. The Morgan fingerprint density at radius 3 is 2.27 bits per heavy atom. The van der Waals surface area contributed by atoms with Crippen LogP contribution >= 0.6 is 0 Å². The molecule has 2 fully saturated rings. The second-order valence-electron chi connectivity index (χ2n) is 4.25. The van der Waals surface area contributed by atoms with Crippen LogP contribution in [0.4, 0.5) is 0 Å². The van der Waals surface area contributed by atoms with E-state index in [0.717, 1.165) is 18.7 Å². The molecule has 2 heterocycles. The van der Waals surface area contributed by atoms with Crippen LogP contribution in [0.15, 0.2) is 24.3 Å². The summed E-state index contributed by atoms with van der Waals surface area (Å²) in [6, 6.07) is 8.34. The number of rotatable bonds is 1. The topological polar surface area (TPSA) is 30.5 Å². The van der Waals surface area contributed by atoms with Gasteiger partial charge in [-0.1, -0.05) is 29.8 Å². The average molecular weight is 205 g/mol. The van der Waals surface area contributed by atoms with Crippen molar-refractivity contribution < 1.29 is 9.47 Å². The zero-order valence-corrected chi connectivity index (χ0v) is 8.77. The highest BCUT2D eigenvalue weighted by atomic mass is 16.7. The predicted octanol–water partition coefficient (Wildman–Crippen LogP) is 1.38. The van der Waals surface area contributed by atoms with E-state index in [9.17, 15) is 0 Å². The van der Waals surface area contributed by atoms with E-state index in [1.54, 1.807) is 0 Å². The molecule has 2 atom stereocenters. The Bertz CT molecular complexity index is 337. The molecule has 0 saturated carbocycles. The molecule has 0 spiro atoms. The van der Waals surface area contributed by atoms with Gasteiger partial charge in [-0.15, -0.1) is 0 Å². The molecular weight excluding hydrogens is 190 g/mol. The van der Waals surface area contributed by atoms with Crippen molar-refractivity contribution in [2.75, 3.05) is 13.1 Å². The molecule has 0 radical (unpaired) electrons. The molecule has 2 saturated heterocycles. The fourth-order valence-corrected chi connectivity index (χ4v) is 2.13. The first-order valence-corrected chi connectivity index (χ1v) is 5.41. The van der Waals surface area contributed by atoms with Gasteiger partial charge in [0.2, 0.25) is 0 Å². The van der Waals surface area contributed by atoms with Crippen LogP contribution in [0.3, 0.4) is 0 Å². The third kappa shape index (κ3) is 1.67. The van der Waals surface area contributed by atoms with Crippen molar-refractivity contribution in [2.24, 2.45) is 0 Å². The fraction of sp³-hybridized carbons (Fsp3) is 0.500.